The molecule has 4 heterocycles. The first-order valence-electron chi connectivity index (χ1n) is 11.8. The number of aromatic amines is 1. The molecule has 3 aromatic heterocycles. The highest BCUT2D eigenvalue weighted by Crippen LogP contribution is 2.32. The molecule has 0 spiro atoms. The molecular weight excluding hydrogens is 416 g/mol. The van der Waals surface area contributed by atoms with Crippen LogP contribution in [-0.2, 0) is 0 Å². The summed E-state index contributed by atoms with van der Waals surface area (Å²) in [4.78, 5) is 17.4. The first-order valence-corrected chi connectivity index (χ1v) is 11.8. The molecule has 0 amide bonds. The van der Waals surface area contributed by atoms with Gasteiger partial charge in [0.25, 0.3) is 0 Å². The van der Waals surface area contributed by atoms with Gasteiger partial charge in [-0.3, -0.25) is 4.68 Å². The van der Waals surface area contributed by atoms with E-state index in [0.717, 1.165) is 66.8 Å². The fourth-order valence-corrected chi connectivity index (χ4v) is 4.85. The second kappa shape index (κ2) is 8.47. The number of aromatic nitrogens is 6. The smallest absolute Gasteiger partial charge is 0.161 e. The Hall–Kier alpha value is -3.46. The number of nitrogen functional groups attached to an aromatic ring is 1. The van der Waals surface area contributed by atoms with Crippen LogP contribution in [-0.4, -0.2) is 48.9 Å². The van der Waals surface area contributed by atoms with Gasteiger partial charge in [-0.05, 0) is 63.7 Å². The van der Waals surface area contributed by atoms with Crippen LogP contribution in [0.5, 0.6) is 5.75 Å². The molecule has 4 aromatic rings. The third kappa shape index (κ3) is 3.93. The number of fused-ring (bicyclic) bond motifs is 1. The lowest BCUT2D eigenvalue weighted by molar-refractivity contribution is 0.212. The van der Waals surface area contributed by atoms with Crippen LogP contribution in [0.4, 0.5) is 5.82 Å². The zero-order chi connectivity index (χ0) is 22.2. The fraction of sp³-hybridized carbons (Fsp3) is 0.417. The normalized spacial score (nSPS) is 17.7. The molecule has 9 heteroatoms. The third-order valence-electron chi connectivity index (χ3n) is 6.68. The summed E-state index contributed by atoms with van der Waals surface area (Å²) in [5, 5.41) is 7.98. The molecule has 0 radical (unpaired) electrons. The van der Waals surface area contributed by atoms with Gasteiger partial charge in [-0.25, -0.2) is 15.0 Å². The van der Waals surface area contributed by atoms with Gasteiger partial charge in [-0.15, -0.1) is 0 Å². The molecule has 4 N–H and O–H groups in total. The molecule has 9 nitrogen and oxygen atoms in total. The van der Waals surface area contributed by atoms with Gasteiger partial charge < -0.3 is 20.8 Å². The Morgan fingerprint density at radius 3 is 2.73 bits per heavy atom. The van der Waals surface area contributed by atoms with Gasteiger partial charge in [0.2, 0.25) is 0 Å². The maximum atomic E-state index is 6.26. The summed E-state index contributed by atoms with van der Waals surface area (Å²) in [6.45, 7) is 2.04. The number of para-hydroxylation sites is 1. The lowest BCUT2D eigenvalue weighted by atomic mass is 10.1. The number of hydrogen-bond acceptors (Lipinski definition) is 7. The quantitative estimate of drug-likeness (QED) is 0.429. The van der Waals surface area contributed by atoms with Crippen LogP contribution in [0.3, 0.4) is 0 Å². The predicted molar refractivity (Wildman–Crippen MR) is 127 cm³/mol. The van der Waals surface area contributed by atoms with E-state index in [0.29, 0.717) is 23.4 Å². The highest BCUT2D eigenvalue weighted by molar-refractivity contribution is 5.85. The molecule has 2 fully saturated rings. The number of hydrogen-bond donors (Lipinski definition) is 3. The van der Waals surface area contributed by atoms with E-state index in [1.54, 1.807) is 6.20 Å². The Labute approximate surface area is 191 Å². The van der Waals surface area contributed by atoms with Crippen molar-refractivity contribution in [3.8, 4) is 28.5 Å². The number of rotatable bonds is 5. The molecule has 0 bridgehead atoms. The van der Waals surface area contributed by atoms with Crippen molar-refractivity contribution in [3.05, 3.63) is 36.8 Å². The first-order chi connectivity index (χ1) is 16.2. The molecular formula is C24H28N8O. The summed E-state index contributed by atoms with van der Waals surface area (Å²) in [6.07, 6.45) is 12.6. The average Bonchev–Trinajstić information content (AvgIpc) is 3.61. The number of nitrogens with two attached hydrogens (primary N) is 1. The minimum Gasteiger partial charge on any atom is -0.488 e. The lowest BCUT2D eigenvalue weighted by Gasteiger charge is -2.22. The lowest BCUT2D eigenvalue weighted by Crippen LogP contribution is -2.29. The van der Waals surface area contributed by atoms with Crippen molar-refractivity contribution in [1.82, 2.24) is 35.0 Å². The van der Waals surface area contributed by atoms with E-state index >= 15 is 0 Å². The molecule has 1 saturated heterocycles. The van der Waals surface area contributed by atoms with Crippen LogP contribution in [0.25, 0.3) is 33.8 Å². The minimum atomic E-state index is 0.264. The second-order valence-electron chi connectivity index (χ2n) is 8.94. The van der Waals surface area contributed by atoms with Crippen LogP contribution in [0.15, 0.2) is 36.8 Å². The number of nitrogens with one attached hydrogen (secondary N) is 2. The van der Waals surface area contributed by atoms with Crippen LogP contribution < -0.4 is 15.8 Å². The van der Waals surface area contributed by atoms with Crippen LogP contribution in [0.2, 0.25) is 0 Å². The Bertz CT molecular complexity index is 1270. The van der Waals surface area contributed by atoms with Crippen LogP contribution in [0, 0.1) is 0 Å². The van der Waals surface area contributed by atoms with E-state index in [2.05, 4.69) is 20.4 Å². The second-order valence-corrected chi connectivity index (χ2v) is 8.94. The molecule has 6 rings (SSSR count). The molecule has 170 valence electrons. The molecule has 1 saturated carbocycles. The summed E-state index contributed by atoms with van der Waals surface area (Å²) in [6, 6.07) is 6.36. The van der Waals surface area contributed by atoms with Gasteiger partial charge in [0.1, 0.15) is 17.0 Å². The summed E-state index contributed by atoms with van der Waals surface area (Å²) in [5.74, 6) is 1.72. The molecule has 33 heavy (non-hydrogen) atoms. The number of nitrogens with zero attached hydrogens (tertiary/aromatic N) is 5. The Morgan fingerprint density at radius 2 is 1.88 bits per heavy atom. The highest BCUT2D eigenvalue weighted by atomic mass is 16.5. The topological polar surface area (TPSA) is 120 Å². The average molecular weight is 445 g/mol. The zero-order valence-corrected chi connectivity index (χ0v) is 18.5. The van der Waals surface area contributed by atoms with Gasteiger partial charge in [-0.2, -0.15) is 5.10 Å². The Kier molecular flexibility index (Phi) is 5.18. The molecule has 1 aliphatic heterocycles. The monoisotopic (exact) mass is 444 g/mol. The van der Waals surface area contributed by atoms with Crippen molar-refractivity contribution < 1.29 is 4.74 Å². The number of anilines is 1. The van der Waals surface area contributed by atoms with Crippen molar-refractivity contribution in [2.75, 3.05) is 18.8 Å². The first kappa shape index (κ1) is 20.2. The van der Waals surface area contributed by atoms with Gasteiger partial charge in [-0.1, -0.05) is 6.07 Å². The molecule has 1 aliphatic carbocycles. The van der Waals surface area contributed by atoms with Gasteiger partial charge >= 0.3 is 0 Å². The van der Waals surface area contributed by atoms with E-state index in [1.807, 2.05) is 35.3 Å². The van der Waals surface area contributed by atoms with E-state index in [1.165, 1.54) is 12.8 Å². The number of ether oxygens (including phenoxy) is 1. The molecule has 1 aromatic carbocycles. The predicted octanol–water partition coefficient (Wildman–Crippen LogP) is 3.71. The number of imidazole rings is 1. The summed E-state index contributed by atoms with van der Waals surface area (Å²) in [5.41, 5.74) is 10.1. The number of H-pyrrole nitrogens is 1. The van der Waals surface area contributed by atoms with Crippen molar-refractivity contribution >= 4 is 16.9 Å². The van der Waals surface area contributed by atoms with E-state index in [-0.39, 0.29) is 6.10 Å². The van der Waals surface area contributed by atoms with E-state index < -0.39 is 0 Å². The standard InChI is InChI=1S/C24H28N8O/c25-23-22(24-30-18-6-3-7-20(21(18)31-24)33-17-4-1-2-5-17)29-19(13-27-23)15-12-28-32(14-15)16-8-10-26-11-9-16/h3,6-7,12-14,16-17,26H,1-2,4-5,8-11H2,(H2,25,27)(H,30,31). The Morgan fingerprint density at radius 1 is 1.03 bits per heavy atom. The van der Waals surface area contributed by atoms with Gasteiger partial charge in [0.15, 0.2) is 11.6 Å². The van der Waals surface area contributed by atoms with Crippen molar-refractivity contribution in [3.63, 3.8) is 0 Å². The molecule has 0 atom stereocenters. The number of piperidine rings is 1. The summed E-state index contributed by atoms with van der Waals surface area (Å²) >= 11 is 0. The maximum Gasteiger partial charge on any atom is 0.161 e. The fourth-order valence-electron chi connectivity index (χ4n) is 4.85. The molecule has 0 unspecified atom stereocenters. The van der Waals surface area contributed by atoms with Crippen LogP contribution in [0.1, 0.15) is 44.6 Å². The SMILES string of the molecule is Nc1ncc(-c2cnn(C3CCNCC3)c2)nc1-c1nc2c(OC3CCCC3)cccc2[nH]1. The minimum absolute atomic E-state index is 0.264. The van der Waals surface area contributed by atoms with Gasteiger partial charge in [0, 0.05) is 11.8 Å². The zero-order valence-electron chi connectivity index (χ0n) is 18.5. The largest absolute Gasteiger partial charge is 0.488 e. The van der Waals surface area contributed by atoms with Gasteiger partial charge in [0.05, 0.1) is 35.8 Å². The molecule has 2 aliphatic rings. The van der Waals surface area contributed by atoms with Crippen molar-refractivity contribution in [2.45, 2.75) is 50.7 Å². The highest BCUT2D eigenvalue weighted by Gasteiger charge is 2.21. The summed E-state index contributed by atoms with van der Waals surface area (Å²) in [7, 11) is 0. The van der Waals surface area contributed by atoms with E-state index in [4.69, 9.17) is 20.4 Å². The van der Waals surface area contributed by atoms with Crippen molar-refractivity contribution in [2.24, 2.45) is 0 Å². The van der Waals surface area contributed by atoms with Crippen LogP contribution >= 0.6 is 0 Å². The van der Waals surface area contributed by atoms with Crippen molar-refractivity contribution in [1.29, 1.82) is 0 Å². The number of benzene rings is 1. The van der Waals surface area contributed by atoms with E-state index in [9.17, 15) is 0 Å². The third-order valence-corrected chi connectivity index (χ3v) is 6.68. The maximum absolute atomic E-state index is 6.26. The Balaban J connectivity index is 1.32. The summed E-state index contributed by atoms with van der Waals surface area (Å²) < 4.78 is 8.30.